The van der Waals surface area contributed by atoms with Crippen LogP contribution in [0.1, 0.15) is 30.9 Å². The predicted octanol–water partition coefficient (Wildman–Crippen LogP) is 4.93. The number of alkyl halides is 3. The molecule has 0 saturated carbocycles. The maximum absolute atomic E-state index is 14.1. The second kappa shape index (κ2) is 9.39. The molecule has 13 heteroatoms. The minimum atomic E-state index is -4.72. The third kappa shape index (κ3) is 4.50. The number of halogens is 4. The molecule has 3 atom stereocenters. The summed E-state index contributed by atoms with van der Waals surface area (Å²) in [6, 6.07) is 3.67. The summed E-state index contributed by atoms with van der Waals surface area (Å²) in [4.78, 5) is 36.7. The highest BCUT2D eigenvalue weighted by Crippen LogP contribution is 2.47. The van der Waals surface area contributed by atoms with Crippen molar-refractivity contribution in [3.63, 3.8) is 0 Å². The van der Waals surface area contributed by atoms with E-state index in [1.165, 1.54) is 21.2 Å². The van der Waals surface area contributed by atoms with Crippen LogP contribution in [0.4, 0.5) is 23.8 Å². The van der Waals surface area contributed by atoms with Crippen molar-refractivity contribution in [3.05, 3.63) is 57.2 Å². The summed E-state index contributed by atoms with van der Waals surface area (Å²) in [6.45, 7) is 3.98. The molecular weight excluding hydrogens is 531 g/mol. The van der Waals surface area contributed by atoms with Crippen molar-refractivity contribution < 1.29 is 23.1 Å². The lowest BCUT2D eigenvalue weighted by Gasteiger charge is -2.43. The average Bonchev–Trinajstić information content (AvgIpc) is 3.03. The number of aromatic nitrogens is 3. The van der Waals surface area contributed by atoms with Crippen LogP contribution in [0, 0.1) is 0 Å². The van der Waals surface area contributed by atoms with E-state index >= 15 is 0 Å². The number of hydrogen-bond acceptors (Lipinski definition) is 6. The SMILES string of the molecule is C[C@@H]1CN(c2nc(=O)n3c4c(c(Cl)c(C(F)(F)F)cc24)SC[C@@H](c2cccnc2)C3)C[C@H](C)N1C(=O)O. The van der Waals surface area contributed by atoms with E-state index in [9.17, 15) is 27.9 Å². The van der Waals surface area contributed by atoms with Gasteiger partial charge in [-0.15, -0.1) is 11.8 Å². The second-order valence-electron chi connectivity index (χ2n) is 9.38. The van der Waals surface area contributed by atoms with Crippen molar-refractivity contribution in [2.24, 2.45) is 0 Å². The van der Waals surface area contributed by atoms with Gasteiger partial charge in [0.05, 0.1) is 33.1 Å². The van der Waals surface area contributed by atoms with Gasteiger partial charge < -0.3 is 10.0 Å². The first-order valence-electron chi connectivity index (χ1n) is 11.6. The molecular formula is C24H23ClF3N5O3S. The molecule has 3 aromatic rings. The smallest absolute Gasteiger partial charge is 0.417 e. The van der Waals surface area contributed by atoms with Crippen LogP contribution in [0.2, 0.25) is 5.02 Å². The molecule has 0 unspecified atom stereocenters. The van der Waals surface area contributed by atoms with E-state index in [0.717, 1.165) is 11.6 Å². The van der Waals surface area contributed by atoms with E-state index in [0.29, 0.717) is 11.3 Å². The predicted molar refractivity (Wildman–Crippen MR) is 135 cm³/mol. The highest BCUT2D eigenvalue weighted by molar-refractivity contribution is 7.99. The summed E-state index contributed by atoms with van der Waals surface area (Å²) in [5, 5.41) is 9.28. The maximum Gasteiger partial charge on any atom is 0.417 e. The Bertz CT molecular complexity index is 1420. The number of anilines is 1. The first-order chi connectivity index (χ1) is 17.5. The zero-order valence-corrected chi connectivity index (χ0v) is 21.4. The molecule has 2 aliphatic rings. The van der Waals surface area contributed by atoms with E-state index in [-0.39, 0.29) is 41.7 Å². The molecule has 1 aromatic carbocycles. The number of amides is 1. The summed E-state index contributed by atoms with van der Waals surface area (Å²) in [6.07, 6.45) is -2.50. The Kier molecular flexibility index (Phi) is 6.51. The first-order valence-corrected chi connectivity index (χ1v) is 13.0. The summed E-state index contributed by atoms with van der Waals surface area (Å²) in [5.41, 5.74) is -0.434. The van der Waals surface area contributed by atoms with Crippen LogP contribution in [-0.4, -0.2) is 61.6 Å². The lowest BCUT2D eigenvalue weighted by atomic mass is 10.0. The van der Waals surface area contributed by atoms with Crippen molar-refractivity contribution in [1.29, 1.82) is 0 Å². The summed E-state index contributed by atoms with van der Waals surface area (Å²) in [7, 11) is 0. The second-order valence-corrected chi connectivity index (χ2v) is 10.8. The van der Waals surface area contributed by atoms with Gasteiger partial charge >= 0.3 is 18.0 Å². The third-order valence-corrected chi connectivity index (χ3v) is 8.63. The molecule has 1 saturated heterocycles. The van der Waals surface area contributed by atoms with Crippen LogP contribution >= 0.6 is 23.4 Å². The van der Waals surface area contributed by atoms with Gasteiger partial charge in [-0.3, -0.25) is 14.5 Å². The van der Waals surface area contributed by atoms with E-state index in [4.69, 9.17) is 11.6 Å². The van der Waals surface area contributed by atoms with Gasteiger partial charge in [0.15, 0.2) is 0 Å². The molecule has 0 radical (unpaired) electrons. The minimum Gasteiger partial charge on any atom is -0.465 e. The Hall–Kier alpha value is -2.99. The minimum absolute atomic E-state index is 0.101. The zero-order chi connectivity index (χ0) is 26.6. The van der Waals surface area contributed by atoms with E-state index in [1.54, 1.807) is 37.2 Å². The maximum atomic E-state index is 14.1. The van der Waals surface area contributed by atoms with Crippen molar-refractivity contribution in [1.82, 2.24) is 19.4 Å². The lowest BCUT2D eigenvalue weighted by Crippen LogP contribution is -2.58. The molecule has 0 spiro atoms. The van der Waals surface area contributed by atoms with Gasteiger partial charge in [-0.05, 0) is 31.5 Å². The van der Waals surface area contributed by atoms with Crippen LogP contribution in [0.5, 0.6) is 0 Å². The van der Waals surface area contributed by atoms with Gasteiger partial charge in [-0.25, -0.2) is 9.59 Å². The molecule has 2 aromatic heterocycles. The summed E-state index contributed by atoms with van der Waals surface area (Å²) in [5.74, 6) is 0.289. The number of pyridine rings is 1. The van der Waals surface area contributed by atoms with Gasteiger partial charge in [-0.1, -0.05) is 17.7 Å². The van der Waals surface area contributed by atoms with Crippen molar-refractivity contribution >= 4 is 46.2 Å². The number of piperazine rings is 1. The number of carbonyl (C=O) groups is 1. The van der Waals surface area contributed by atoms with Crippen molar-refractivity contribution in [3.8, 4) is 0 Å². The van der Waals surface area contributed by atoms with Crippen molar-refractivity contribution in [2.45, 2.75) is 49.5 Å². The van der Waals surface area contributed by atoms with Gasteiger partial charge in [-0.2, -0.15) is 18.2 Å². The fourth-order valence-corrected chi connectivity index (χ4v) is 6.94. The number of hydrogen-bond donors (Lipinski definition) is 1. The Morgan fingerprint density at radius 2 is 1.92 bits per heavy atom. The summed E-state index contributed by atoms with van der Waals surface area (Å²) < 4.78 is 43.7. The summed E-state index contributed by atoms with van der Waals surface area (Å²) >= 11 is 7.54. The molecule has 0 aliphatic carbocycles. The van der Waals surface area contributed by atoms with Gasteiger partial charge in [0.25, 0.3) is 0 Å². The fourth-order valence-electron chi connectivity index (χ4n) is 5.27. The Morgan fingerprint density at radius 1 is 1.22 bits per heavy atom. The molecule has 1 N–H and O–H groups in total. The number of nitrogens with zero attached hydrogens (tertiary/aromatic N) is 5. The van der Waals surface area contributed by atoms with Crippen LogP contribution in [-0.2, 0) is 12.7 Å². The Labute approximate surface area is 219 Å². The van der Waals surface area contributed by atoms with Crippen molar-refractivity contribution in [2.75, 3.05) is 23.7 Å². The number of benzene rings is 1. The van der Waals surface area contributed by atoms with E-state index < -0.39 is 40.6 Å². The number of carboxylic acid groups (broad SMARTS) is 1. The molecule has 4 heterocycles. The molecule has 196 valence electrons. The first kappa shape index (κ1) is 25.7. The molecule has 37 heavy (non-hydrogen) atoms. The molecule has 0 bridgehead atoms. The van der Waals surface area contributed by atoms with Gasteiger partial charge in [0.2, 0.25) is 0 Å². The highest BCUT2D eigenvalue weighted by Gasteiger charge is 2.39. The van der Waals surface area contributed by atoms with Crippen LogP contribution in [0.15, 0.2) is 40.3 Å². The largest absolute Gasteiger partial charge is 0.465 e. The number of thioether (sulfide) groups is 1. The number of rotatable bonds is 2. The Balaban J connectivity index is 1.72. The normalized spacial score (nSPS) is 22.3. The van der Waals surface area contributed by atoms with Gasteiger partial charge in [0.1, 0.15) is 5.82 Å². The molecule has 1 amide bonds. The molecule has 2 aliphatic heterocycles. The lowest BCUT2D eigenvalue weighted by molar-refractivity contribution is -0.137. The van der Waals surface area contributed by atoms with E-state index in [1.807, 2.05) is 6.07 Å². The van der Waals surface area contributed by atoms with Crippen LogP contribution in [0.25, 0.3) is 10.9 Å². The average molecular weight is 554 g/mol. The topological polar surface area (TPSA) is 91.6 Å². The standard InChI is InChI=1S/C24H23ClF3N5O3S/c1-12-8-31(9-13(2)33(12)23(35)36)21-16-6-17(24(26,27)28)18(25)20-19(16)32(22(34)30-21)10-15(11-37-20)14-4-3-5-29-7-14/h3-7,12-13,15H,8-11H2,1-2H3,(H,35,36)/t12-,13+,15-/m0/s1. The van der Waals surface area contributed by atoms with Crippen LogP contribution < -0.4 is 10.6 Å². The van der Waals surface area contributed by atoms with E-state index in [2.05, 4.69) is 9.97 Å². The molecule has 1 fully saturated rings. The van der Waals surface area contributed by atoms with Crippen LogP contribution in [0.3, 0.4) is 0 Å². The quantitative estimate of drug-likeness (QED) is 0.481. The van der Waals surface area contributed by atoms with Gasteiger partial charge in [0, 0.05) is 49.1 Å². The molecule has 5 rings (SSSR count). The molecule has 8 nitrogen and oxygen atoms in total. The monoisotopic (exact) mass is 553 g/mol. The third-order valence-electron chi connectivity index (χ3n) is 6.87. The zero-order valence-electron chi connectivity index (χ0n) is 19.9. The Morgan fingerprint density at radius 3 is 2.51 bits per heavy atom. The fraction of sp³-hybridized carbons (Fsp3) is 0.417. The highest BCUT2D eigenvalue weighted by atomic mass is 35.5.